The summed E-state index contributed by atoms with van der Waals surface area (Å²) in [4.78, 5) is 6.41. The van der Waals surface area contributed by atoms with Crippen molar-refractivity contribution in [2.45, 2.75) is 31.9 Å². The van der Waals surface area contributed by atoms with Crippen LogP contribution in [0.25, 0.3) is 0 Å². The van der Waals surface area contributed by atoms with Gasteiger partial charge in [0.05, 0.1) is 12.7 Å². The van der Waals surface area contributed by atoms with Gasteiger partial charge in [-0.2, -0.15) is 0 Å². The second kappa shape index (κ2) is 10.5. The van der Waals surface area contributed by atoms with Gasteiger partial charge >= 0.3 is 0 Å². The van der Waals surface area contributed by atoms with E-state index in [9.17, 15) is 0 Å². The molecular formula is C18H28ClN3O2. The summed E-state index contributed by atoms with van der Waals surface area (Å²) < 4.78 is 11.2. The summed E-state index contributed by atoms with van der Waals surface area (Å²) in [5, 5.41) is 4.12. The van der Waals surface area contributed by atoms with Gasteiger partial charge in [-0.15, -0.1) is 0 Å². The fourth-order valence-electron chi connectivity index (χ4n) is 2.73. The molecule has 1 atom stereocenters. The third-order valence-corrected chi connectivity index (χ3v) is 4.19. The molecule has 0 spiro atoms. The van der Waals surface area contributed by atoms with Gasteiger partial charge in [-0.3, -0.25) is 4.99 Å². The van der Waals surface area contributed by atoms with Gasteiger partial charge in [0.2, 0.25) is 0 Å². The first-order valence-electron chi connectivity index (χ1n) is 8.54. The van der Waals surface area contributed by atoms with Crippen molar-refractivity contribution in [2.24, 2.45) is 4.99 Å². The molecule has 1 fully saturated rings. The molecule has 1 aromatic rings. The molecule has 24 heavy (non-hydrogen) atoms. The molecule has 1 heterocycles. The summed E-state index contributed by atoms with van der Waals surface area (Å²) in [5.74, 6) is 0.870. The lowest BCUT2D eigenvalue weighted by molar-refractivity contribution is 0.0168. The van der Waals surface area contributed by atoms with Gasteiger partial charge < -0.3 is 19.7 Å². The minimum Gasteiger partial charge on any atom is -0.379 e. The zero-order chi connectivity index (χ0) is 17.2. The summed E-state index contributed by atoms with van der Waals surface area (Å²) in [6, 6.07) is 7.89. The van der Waals surface area contributed by atoms with Crippen LogP contribution in [0.4, 0.5) is 0 Å². The van der Waals surface area contributed by atoms with Crippen molar-refractivity contribution in [1.29, 1.82) is 0 Å². The maximum Gasteiger partial charge on any atom is 0.193 e. The highest BCUT2D eigenvalue weighted by Gasteiger charge is 2.15. The Hall–Kier alpha value is -1.30. The molecule has 0 saturated carbocycles. The van der Waals surface area contributed by atoms with E-state index in [0.29, 0.717) is 12.7 Å². The van der Waals surface area contributed by atoms with Crippen molar-refractivity contribution in [1.82, 2.24) is 10.2 Å². The topological polar surface area (TPSA) is 46.1 Å². The number of hydrogen-bond acceptors (Lipinski definition) is 3. The van der Waals surface area contributed by atoms with Crippen LogP contribution in [0, 0.1) is 0 Å². The Morgan fingerprint density at radius 2 is 2.38 bits per heavy atom. The van der Waals surface area contributed by atoms with Crippen LogP contribution in [0.3, 0.4) is 0 Å². The Morgan fingerprint density at radius 3 is 3.08 bits per heavy atom. The van der Waals surface area contributed by atoms with E-state index in [1.165, 1.54) is 0 Å². The van der Waals surface area contributed by atoms with Crippen LogP contribution in [0.15, 0.2) is 29.3 Å². The predicted molar refractivity (Wildman–Crippen MR) is 98.7 cm³/mol. The van der Waals surface area contributed by atoms with E-state index in [1.807, 2.05) is 25.2 Å². The van der Waals surface area contributed by atoms with E-state index >= 15 is 0 Å². The number of hydrogen-bond donors (Lipinski definition) is 1. The van der Waals surface area contributed by atoms with Gasteiger partial charge in [0.1, 0.15) is 0 Å². The van der Waals surface area contributed by atoms with Gasteiger partial charge in [-0.25, -0.2) is 0 Å². The van der Waals surface area contributed by atoms with Crippen LogP contribution in [-0.4, -0.2) is 57.4 Å². The number of halogens is 1. The minimum atomic E-state index is 0.301. The lowest BCUT2D eigenvalue weighted by Crippen LogP contribution is -2.39. The first kappa shape index (κ1) is 19.0. The molecule has 0 bridgehead atoms. The molecule has 1 N–H and O–H groups in total. The van der Waals surface area contributed by atoms with Crippen LogP contribution in [0.2, 0.25) is 5.02 Å². The molecule has 1 saturated heterocycles. The SMILES string of the molecule is CN=C(NCCCOCC1CCCO1)N(C)Cc1cccc(Cl)c1. The second-order valence-corrected chi connectivity index (χ2v) is 6.46. The molecule has 1 aliphatic heterocycles. The smallest absolute Gasteiger partial charge is 0.193 e. The van der Waals surface area contributed by atoms with E-state index in [2.05, 4.69) is 21.3 Å². The van der Waals surface area contributed by atoms with Crippen molar-refractivity contribution in [3.8, 4) is 0 Å². The zero-order valence-corrected chi connectivity index (χ0v) is 15.4. The third kappa shape index (κ3) is 6.67. The number of guanidine groups is 1. The van der Waals surface area contributed by atoms with Gasteiger partial charge in [0.25, 0.3) is 0 Å². The van der Waals surface area contributed by atoms with E-state index in [-0.39, 0.29) is 0 Å². The van der Waals surface area contributed by atoms with Gasteiger partial charge in [-0.1, -0.05) is 23.7 Å². The summed E-state index contributed by atoms with van der Waals surface area (Å²) in [7, 11) is 3.81. The molecule has 2 rings (SSSR count). The normalized spacial score (nSPS) is 18.0. The van der Waals surface area contributed by atoms with E-state index in [0.717, 1.165) is 62.1 Å². The quantitative estimate of drug-likeness (QED) is 0.443. The molecule has 0 aromatic heterocycles. The molecule has 0 amide bonds. The fourth-order valence-corrected chi connectivity index (χ4v) is 2.95. The van der Waals surface area contributed by atoms with Crippen LogP contribution in [0.5, 0.6) is 0 Å². The van der Waals surface area contributed by atoms with Crippen molar-refractivity contribution in [3.05, 3.63) is 34.9 Å². The molecule has 0 radical (unpaired) electrons. The largest absolute Gasteiger partial charge is 0.379 e. The average molecular weight is 354 g/mol. The van der Waals surface area contributed by atoms with Gasteiger partial charge in [-0.05, 0) is 37.0 Å². The van der Waals surface area contributed by atoms with Crippen LogP contribution < -0.4 is 5.32 Å². The van der Waals surface area contributed by atoms with Crippen molar-refractivity contribution in [2.75, 3.05) is 40.5 Å². The minimum absolute atomic E-state index is 0.301. The van der Waals surface area contributed by atoms with Crippen LogP contribution in [0.1, 0.15) is 24.8 Å². The fraction of sp³-hybridized carbons (Fsp3) is 0.611. The van der Waals surface area contributed by atoms with Crippen LogP contribution >= 0.6 is 11.6 Å². The maximum absolute atomic E-state index is 6.03. The monoisotopic (exact) mass is 353 g/mol. The number of aliphatic imine (C=N–C) groups is 1. The molecule has 1 aromatic carbocycles. The van der Waals surface area contributed by atoms with Crippen molar-refractivity contribution in [3.63, 3.8) is 0 Å². The summed E-state index contributed by atoms with van der Waals surface area (Å²) in [6.07, 6.45) is 3.52. The molecule has 5 nitrogen and oxygen atoms in total. The Kier molecular flexibility index (Phi) is 8.36. The Morgan fingerprint density at radius 1 is 1.50 bits per heavy atom. The average Bonchev–Trinajstić information content (AvgIpc) is 3.07. The first-order chi connectivity index (χ1) is 11.7. The standard InChI is InChI=1S/C18H28ClN3O2/c1-20-18(22(2)13-15-6-3-7-16(19)12-15)21-9-5-10-23-14-17-8-4-11-24-17/h3,6-7,12,17H,4-5,8-11,13-14H2,1-2H3,(H,20,21). The lowest BCUT2D eigenvalue weighted by atomic mass is 10.2. The Balaban J connectivity index is 1.62. The highest BCUT2D eigenvalue weighted by Crippen LogP contribution is 2.13. The highest BCUT2D eigenvalue weighted by atomic mass is 35.5. The van der Waals surface area contributed by atoms with E-state index < -0.39 is 0 Å². The van der Waals surface area contributed by atoms with E-state index in [1.54, 1.807) is 7.05 Å². The predicted octanol–water partition coefficient (Wildman–Crippen LogP) is 2.93. The summed E-state index contributed by atoms with van der Waals surface area (Å²) in [5.41, 5.74) is 1.16. The number of ether oxygens (including phenoxy) is 2. The molecule has 1 aliphatic rings. The Bertz CT molecular complexity index is 519. The number of rotatable bonds is 8. The third-order valence-electron chi connectivity index (χ3n) is 3.96. The first-order valence-corrected chi connectivity index (χ1v) is 8.92. The van der Waals surface area contributed by atoms with Gasteiger partial charge in [0, 0.05) is 45.4 Å². The molecular weight excluding hydrogens is 326 g/mol. The molecule has 6 heteroatoms. The molecule has 1 unspecified atom stereocenters. The number of nitrogens with zero attached hydrogens (tertiary/aromatic N) is 2. The molecule has 0 aliphatic carbocycles. The molecule has 134 valence electrons. The van der Waals surface area contributed by atoms with Crippen molar-refractivity contribution >= 4 is 17.6 Å². The summed E-state index contributed by atoms with van der Waals surface area (Å²) >= 11 is 6.03. The van der Waals surface area contributed by atoms with Crippen molar-refractivity contribution < 1.29 is 9.47 Å². The maximum atomic E-state index is 6.03. The Labute approximate surface area is 150 Å². The zero-order valence-electron chi connectivity index (χ0n) is 14.6. The highest BCUT2D eigenvalue weighted by molar-refractivity contribution is 6.30. The van der Waals surface area contributed by atoms with Gasteiger partial charge in [0.15, 0.2) is 5.96 Å². The lowest BCUT2D eigenvalue weighted by Gasteiger charge is -2.22. The van der Waals surface area contributed by atoms with E-state index in [4.69, 9.17) is 21.1 Å². The second-order valence-electron chi connectivity index (χ2n) is 6.02. The van der Waals surface area contributed by atoms with Crippen LogP contribution in [-0.2, 0) is 16.0 Å². The number of benzene rings is 1. The number of nitrogens with one attached hydrogen (secondary N) is 1. The summed E-state index contributed by atoms with van der Waals surface area (Å²) in [6.45, 7) is 3.92.